The number of nitrogens with zero attached hydrogens (tertiary/aromatic N) is 1. The van der Waals surface area contributed by atoms with Gasteiger partial charge in [0.05, 0.1) is 17.4 Å². The third kappa shape index (κ3) is 3.89. The highest BCUT2D eigenvalue weighted by atomic mass is 79.9. The van der Waals surface area contributed by atoms with Crippen LogP contribution in [0, 0.1) is 0 Å². The summed E-state index contributed by atoms with van der Waals surface area (Å²) in [4.78, 5) is 36.3. The SMILES string of the molecule is NNC(=O)Cc1ccc(Cn2cc(Br)c(=O)[nH]c2=O)cc1. The fourth-order valence-corrected chi connectivity index (χ4v) is 2.14. The van der Waals surface area contributed by atoms with E-state index in [1.807, 2.05) is 12.1 Å². The number of benzene rings is 1. The van der Waals surface area contributed by atoms with Gasteiger partial charge in [0.25, 0.3) is 5.56 Å². The van der Waals surface area contributed by atoms with Crippen LogP contribution in [0.5, 0.6) is 0 Å². The maximum Gasteiger partial charge on any atom is 0.328 e. The summed E-state index contributed by atoms with van der Waals surface area (Å²) < 4.78 is 1.67. The van der Waals surface area contributed by atoms with Crippen molar-refractivity contribution in [3.8, 4) is 0 Å². The monoisotopic (exact) mass is 352 g/mol. The van der Waals surface area contributed by atoms with E-state index in [2.05, 4.69) is 26.3 Å². The number of halogens is 1. The number of hydrogen-bond donors (Lipinski definition) is 3. The van der Waals surface area contributed by atoms with Gasteiger partial charge >= 0.3 is 5.69 Å². The molecular formula is C13H13BrN4O3. The second-order valence-electron chi connectivity index (χ2n) is 4.43. The summed E-state index contributed by atoms with van der Waals surface area (Å²) in [6.45, 7) is 0.317. The van der Waals surface area contributed by atoms with Crippen molar-refractivity contribution >= 4 is 21.8 Å². The van der Waals surface area contributed by atoms with Gasteiger partial charge in [-0.05, 0) is 27.1 Å². The highest BCUT2D eigenvalue weighted by molar-refractivity contribution is 9.10. The number of nitrogens with two attached hydrogens (primary N) is 1. The minimum absolute atomic E-state index is 0.195. The summed E-state index contributed by atoms with van der Waals surface area (Å²) in [5.41, 5.74) is 2.81. The number of nitrogens with one attached hydrogen (secondary N) is 2. The second kappa shape index (κ2) is 6.51. The van der Waals surface area contributed by atoms with Crippen LogP contribution in [0.4, 0.5) is 0 Å². The van der Waals surface area contributed by atoms with Crippen molar-refractivity contribution in [3.63, 3.8) is 0 Å². The maximum atomic E-state index is 11.7. The highest BCUT2D eigenvalue weighted by Crippen LogP contribution is 2.07. The fraction of sp³-hybridized carbons (Fsp3) is 0.154. The number of hydrazine groups is 1. The molecule has 21 heavy (non-hydrogen) atoms. The molecule has 1 amide bonds. The minimum Gasteiger partial charge on any atom is -0.295 e. The van der Waals surface area contributed by atoms with E-state index in [0.29, 0.717) is 11.0 Å². The lowest BCUT2D eigenvalue weighted by atomic mass is 10.1. The Labute approximate surface area is 127 Å². The number of carbonyl (C=O) groups is 1. The van der Waals surface area contributed by atoms with Gasteiger partial charge in [-0.3, -0.25) is 24.6 Å². The lowest BCUT2D eigenvalue weighted by Crippen LogP contribution is -2.31. The van der Waals surface area contributed by atoms with Crippen molar-refractivity contribution < 1.29 is 4.79 Å². The van der Waals surface area contributed by atoms with Crippen LogP contribution in [0.2, 0.25) is 0 Å². The quantitative estimate of drug-likeness (QED) is 0.404. The van der Waals surface area contributed by atoms with Crippen molar-refractivity contribution in [2.45, 2.75) is 13.0 Å². The van der Waals surface area contributed by atoms with E-state index < -0.39 is 11.2 Å². The van der Waals surface area contributed by atoms with Gasteiger partial charge in [0.1, 0.15) is 0 Å². The van der Waals surface area contributed by atoms with E-state index in [4.69, 9.17) is 5.84 Å². The molecule has 0 saturated carbocycles. The molecule has 0 radical (unpaired) electrons. The number of hydrogen-bond acceptors (Lipinski definition) is 4. The van der Waals surface area contributed by atoms with Crippen LogP contribution in [-0.2, 0) is 17.8 Å². The number of H-pyrrole nitrogens is 1. The van der Waals surface area contributed by atoms with E-state index in [9.17, 15) is 14.4 Å². The van der Waals surface area contributed by atoms with Crippen LogP contribution in [0.1, 0.15) is 11.1 Å². The molecule has 110 valence electrons. The zero-order valence-electron chi connectivity index (χ0n) is 10.9. The number of aromatic nitrogens is 2. The van der Waals surface area contributed by atoms with Crippen molar-refractivity contribution in [1.29, 1.82) is 0 Å². The first-order valence-electron chi connectivity index (χ1n) is 6.06. The topological polar surface area (TPSA) is 110 Å². The van der Waals surface area contributed by atoms with Gasteiger partial charge in [-0.15, -0.1) is 0 Å². The van der Waals surface area contributed by atoms with Crippen molar-refractivity contribution in [2.24, 2.45) is 5.84 Å². The summed E-state index contributed by atoms with van der Waals surface area (Å²) in [6.07, 6.45) is 1.64. The molecule has 7 nitrogen and oxygen atoms in total. The Hall–Kier alpha value is -2.19. The summed E-state index contributed by atoms with van der Waals surface area (Å²) in [5, 5.41) is 0. The Morgan fingerprint density at radius 3 is 2.48 bits per heavy atom. The minimum atomic E-state index is -0.477. The molecule has 2 rings (SSSR count). The zero-order chi connectivity index (χ0) is 15.4. The third-order valence-corrected chi connectivity index (χ3v) is 3.43. The first kappa shape index (κ1) is 15.2. The van der Waals surface area contributed by atoms with E-state index >= 15 is 0 Å². The average molecular weight is 353 g/mol. The van der Waals surface area contributed by atoms with Gasteiger partial charge in [-0.2, -0.15) is 0 Å². The molecule has 4 N–H and O–H groups in total. The van der Waals surface area contributed by atoms with E-state index in [0.717, 1.165) is 11.1 Å². The Balaban J connectivity index is 2.17. The van der Waals surface area contributed by atoms with Crippen molar-refractivity contribution in [2.75, 3.05) is 0 Å². The maximum absolute atomic E-state index is 11.7. The Bertz CT molecular complexity index is 764. The molecule has 1 aromatic carbocycles. The molecule has 0 bridgehead atoms. The number of rotatable bonds is 4. The van der Waals surface area contributed by atoms with E-state index in [1.54, 1.807) is 12.1 Å². The molecular weight excluding hydrogens is 340 g/mol. The first-order valence-corrected chi connectivity index (χ1v) is 6.85. The van der Waals surface area contributed by atoms with Crippen LogP contribution in [-0.4, -0.2) is 15.5 Å². The number of amides is 1. The van der Waals surface area contributed by atoms with Gasteiger partial charge in [-0.1, -0.05) is 24.3 Å². The molecule has 0 aliphatic heterocycles. The molecule has 0 unspecified atom stereocenters. The fourth-order valence-electron chi connectivity index (χ4n) is 1.80. The van der Waals surface area contributed by atoms with Crippen molar-refractivity contribution in [3.05, 3.63) is 66.9 Å². The van der Waals surface area contributed by atoms with Gasteiger partial charge in [-0.25, -0.2) is 10.6 Å². The third-order valence-electron chi connectivity index (χ3n) is 2.87. The second-order valence-corrected chi connectivity index (χ2v) is 5.28. The van der Waals surface area contributed by atoms with Crippen LogP contribution in [0.25, 0.3) is 0 Å². The van der Waals surface area contributed by atoms with Gasteiger partial charge in [0.2, 0.25) is 5.91 Å². The smallest absolute Gasteiger partial charge is 0.295 e. The van der Waals surface area contributed by atoms with E-state index in [1.165, 1.54) is 10.8 Å². The predicted molar refractivity (Wildman–Crippen MR) is 80.6 cm³/mol. The van der Waals surface area contributed by atoms with Crippen LogP contribution < -0.4 is 22.5 Å². The summed E-state index contributed by atoms with van der Waals surface area (Å²) in [6, 6.07) is 7.20. The van der Waals surface area contributed by atoms with Crippen molar-refractivity contribution in [1.82, 2.24) is 15.0 Å². The first-order chi connectivity index (χ1) is 9.99. The number of aromatic amines is 1. The van der Waals surface area contributed by atoms with Crippen LogP contribution in [0.3, 0.4) is 0 Å². The molecule has 8 heteroatoms. The predicted octanol–water partition coefficient (Wildman–Crippen LogP) is -0.120. The van der Waals surface area contributed by atoms with Crippen LogP contribution in [0.15, 0.2) is 44.5 Å². The normalized spacial score (nSPS) is 10.4. The average Bonchev–Trinajstić information content (AvgIpc) is 2.46. The summed E-state index contributed by atoms with van der Waals surface area (Å²) >= 11 is 3.08. The molecule has 0 fully saturated rings. The molecule has 2 aromatic rings. The molecule has 1 heterocycles. The molecule has 0 aliphatic carbocycles. The van der Waals surface area contributed by atoms with Crippen LogP contribution >= 0.6 is 15.9 Å². The molecule has 1 aromatic heterocycles. The molecule has 0 atom stereocenters. The van der Waals surface area contributed by atoms with Gasteiger partial charge < -0.3 is 0 Å². The summed E-state index contributed by atoms with van der Waals surface area (Å²) in [7, 11) is 0. The Morgan fingerprint density at radius 1 is 1.24 bits per heavy atom. The standard InChI is InChI=1S/C13H13BrN4O3/c14-10-7-18(13(21)16-12(10)20)6-9-3-1-8(2-4-9)5-11(19)17-15/h1-4,7H,5-6,15H2,(H,17,19)(H,16,20,21). The zero-order valence-corrected chi connectivity index (χ0v) is 12.5. The molecule has 0 aliphatic rings. The van der Waals surface area contributed by atoms with Gasteiger partial charge in [0, 0.05) is 6.20 Å². The Kier molecular flexibility index (Phi) is 4.71. The van der Waals surface area contributed by atoms with E-state index in [-0.39, 0.29) is 12.3 Å². The summed E-state index contributed by atoms with van der Waals surface area (Å²) in [5.74, 6) is 4.75. The molecule has 0 spiro atoms. The largest absolute Gasteiger partial charge is 0.328 e. The lowest BCUT2D eigenvalue weighted by Gasteiger charge is -2.07. The highest BCUT2D eigenvalue weighted by Gasteiger charge is 2.04. The lowest BCUT2D eigenvalue weighted by molar-refractivity contribution is -0.120. The molecule has 0 saturated heterocycles. The Morgan fingerprint density at radius 2 is 1.86 bits per heavy atom. The van der Waals surface area contributed by atoms with Gasteiger partial charge in [0.15, 0.2) is 0 Å². The number of carbonyl (C=O) groups excluding carboxylic acids is 1.